The van der Waals surface area contributed by atoms with E-state index in [1.807, 2.05) is 31.2 Å². The molecule has 0 aliphatic rings. The first kappa shape index (κ1) is 15.4. The van der Waals surface area contributed by atoms with E-state index >= 15 is 0 Å². The molecule has 0 radical (unpaired) electrons. The van der Waals surface area contributed by atoms with Gasteiger partial charge in [0.05, 0.1) is 0 Å². The van der Waals surface area contributed by atoms with E-state index in [1.165, 1.54) is 12.1 Å². The Morgan fingerprint density at radius 1 is 1.15 bits per heavy atom. The summed E-state index contributed by atoms with van der Waals surface area (Å²) >= 11 is 7.88. The van der Waals surface area contributed by atoms with Gasteiger partial charge in [0, 0.05) is 22.1 Å². The van der Waals surface area contributed by atoms with Gasteiger partial charge in [-0.15, -0.1) is 11.8 Å². The van der Waals surface area contributed by atoms with E-state index in [0.717, 1.165) is 21.9 Å². The van der Waals surface area contributed by atoms with E-state index in [-0.39, 0.29) is 17.1 Å². The van der Waals surface area contributed by atoms with Crippen molar-refractivity contribution in [2.75, 3.05) is 0 Å². The highest BCUT2D eigenvalue weighted by atomic mass is 35.5. The number of hydrogen-bond donors (Lipinski definition) is 1. The van der Waals surface area contributed by atoms with Gasteiger partial charge in [-0.2, -0.15) is 0 Å². The summed E-state index contributed by atoms with van der Waals surface area (Å²) in [6, 6.07) is 14.3. The lowest BCUT2D eigenvalue weighted by Crippen LogP contribution is -2.22. The fourth-order valence-electron chi connectivity index (χ4n) is 2.00. The number of hydrogen-bond acceptors (Lipinski definition) is 2. The van der Waals surface area contributed by atoms with Crippen LogP contribution in [0.5, 0.6) is 0 Å². The van der Waals surface area contributed by atoms with Crippen molar-refractivity contribution in [1.29, 1.82) is 0 Å². The highest BCUT2D eigenvalue weighted by Gasteiger charge is 2.17. The van der Waals surface area contributed by atoms with Crippen molar-refractivity contribution in [3.8, 4) is 0 Å². The second-order valence-corrected chi connectivity index (χ2v) is 6.27. The number of halogens is 2. The summed E-state index contributed by atoms with van der Waals surface area (Å²) < 4.78 is 13.0. The maximum absolute atomic E-state index is 13.0. The van der Waals surface area contributed by atoms with Gasteiger partial charge in [0.2, 0.25) is 0 Å². The molecular weight excluding hydrogens is 293 g/mol. The van der Waals surface area contributed by atoms with Crippen molar-refractivity contribution in [2.45, 2.75) is 24.0 Å². The van der Waals surface area contributed by atoms with Crippen molar-refractivity contribution in [3.05, 3.63) is 70.5 Å². The van der Waals surface area contributed by atoms with Crippen LogP contribution in [-0.2, 0) is 5.75 Å². The van der Waals surface area contributed by atoms with Gasteiger partial charge in [0.15, 0.2) is 0 Å². The Bertz CT molecular complexity index is 557. The van der Waals surface area contributed by atoms with E-state index < -0.39 is 0 Å². The Kier molecular flexibility index (Phi) is 5.46. The normalized spacial score (nSPS) is 14.0. The molecule has 0 saturated heterocycles. The van der Waals surface area contributed by atoms with Crippen LogP contribution in [0.2, 0.25) is 5.02 Å². The SMILES string of the molecule is CC(N)C(SCc1ccccc1Cl)c1ccc(F)cc1. The van der Waals surface area contributed by atoms with Crippen LogP contribution in [0, 0.1) is 5.82 Å². The molecule has 2 atom stereocenters. The summed E-state index contributed by atoms with van der Waals surface area (Å²) in [5, 5.41) is 0.884. The maximum atomic E-state index is 13.0. The quantitative estimate of drug-likeness (QED) is 0.858. The Balaban J connectivity index is 2.11. The van der Waals surface area contributed by atoms with Crippen LogP contribution >= 0.6 is 23.4 Å². The van der Waals surface area contributed by atoms with E-state index in [4.69, 9.17) is 17.3 Å². The van der Waals surface area contributed by atoms with E-state index in [9.17, 15) is 4.39 Å². The summed E-state index contributed by atoms with van der Waals surface area (Å²) in [6.45, 7) is 1.97. The number of thioether (sulfide) groups is 1. The van der Waals surface area contributed by atoms with Gasteiger partial charge in [-0.05, 0) is 36.2 Å². The first-order valence-corrected chi connectivity index (χ1v) is 7.86. The molecule has 2 rings (SSSR count). The summed E-state index contributed by atoms with van der Waals surface area (Å²) in [5.41, 5.74) is 8.19. The maximum Gasteiger partial charge on any atom is 0.123 e. The standard InChI is InChI=1S/C16H17ClFNS/c1-11(19)16(12-6-8-14(18)9-7-12)20-10-13-4-2-3-5-15(13)17/h2-9,11,16H,10,19H2,1H3. The first-order valence-electron chi connectivity index (χ1n) is 6.44. The third-order valence-corrected chi connectivity index (χ3v) is 4.96. The molecule has 4 heteroatoms. The summed E-state index contributed by atoms with van der Waals surface area (Å²) in [7, 11) is 0. The van der Waals surface area contributed by atoms with Crippen LogP contribution in [0.1, 0.15) is 23.3 Å². The monoisotopic (exact) mass is 309 g/mol. The van der Waals surface area contributed by atoms with Gasteiger partial charge in [0.1, 0.15) is 5.82 Å². The van der Waals surface area contributed by atoms with Crippen molar-refractivity contribution >= 4 is 23.4 Å². The highest BCUT2D eigenvalue weighted by Crippen LogP contribution is 2.35. The Morgan fingerprint density at radius 3 is 2.40 bits per heavy atom. The van der Waals surface area contributed by atoms with Gasteiger partial charge in [0.25, 0.3) is 0 Å². The highest BCUT2D eigenvalue weighted by molar-refractivity contribution is 7.98. The van der Waals surface area contributed by atoms with Crippen LogP contribution in [0.15, 0.2) is 48.5 Å². The minimum absolute atomic E-state index is 0.0204. The zero-order valence-corrected chi connectivity index (χ0v) is 12.8. The number of benzene rings is 2. The molecule has 2 N–H and O–H groups in total. The minimum atomic E-state index is -0.228. The van der Waals surface area contributed by atoms with Crippen LogP contribution < -0.4 is 5.73 Å². The lowest BCUT2D eigenvalue weighted by Gasteiger charge is -2.21. The van der Waals surface area contributed by atoms with Gasteiger partial charge in [-0.1, -0.05) is 41.9 Å². The second-order valence-electron chi connectivity index (χ2n) is 4.73. The molecule has 2 aromatic rings. The first-order chi connectivity index (χ1) is 9.58. The van der Waals surface area contributed by atoms with Crippen molar-refractivity contribution < 1.29 is 4.39 Å². The molecule has 1 nitrogen and oxygen atoms in total. The third-order valence-electron chi connectivity index (χ3n) is 3.05. The summed E-state index contributed by atoms with van der Waals surface area (Å²) in [4.78, 5) is 0. The zero-order valence-electron chi connectivity index (χ0n) is 11.2. The Labute approximate surface area is 128 Å². The molecule has 0 aromatic heterocycles. The van der Waals surface area contributed by atoms with Crippen LogP contribution in [-0.4, -0.2) is 6.04 Å². The Morgan fingerprint density at radius 2 is 1.80 bits per heavy atom. The molecule has 0 saturated carbocycles. The molecule has 0 aliphatic heterocycles. The molecule has 20 heavy (non-hydrogen) atoms. The fourth-order valence-corrected chi connectivity index (χ4v) is 3.54. The molecule has 2 aromatic carbocycles. The third kappa shape index (κ3) is 3.98. The lowest BCUT2D eigenvalue weighted by molar-refractivity contribution is 0.625. The topological polar surface area (TPSA) is 26.0 Å². The smallest absolute Gasteiger partial charge is 0.123 e. The largest absolute Gasteiger partial charge is 0.327 e. The van der Waals surface area contributed by atoms with Crippen molar-refractivity contribution in [1.82, 2.24) is 0 Å². The predicted octanol–water partition coefficient (Wildman–Crippen LogP) is 4.80. The molecule has 0 aliphatic carbocycles. The molecule has 106 valence electrons. The molecule has 0 bridgehead atoms. The van der Waals surface area contributed by atoms with Crippen molar-refractivity contribution in [2.24, 2.45) is 5.73 Å². The number of nitrogens with two attached hydrogens (primary N) is 1. The fraction of sp³-hybridized carbons (Fsp3) is 0.250. The number of rotatable bonds is 5. The average molecular weight is 310 g/mol. The molecular formula is C16H17ClFNS. The van der Waals surface area contributed by atoms with E-state index in [1.54, 1.807) is 23.9 Å². The van der Waals surface area contributed by atoms with Crippen LogP contribution in [0.3, 0.4) is 0 Å². The summed E-state index contributed by atoms with van der Waals surface area (Å²) in [6.07, 6.45) is 0. The zero-order chi connectivity index (χ0) is 14.5. The molecule has 0 spiro atoms. The lowest BCUT2D eigenvalue weighted by atomic mass is 10.1. The van der Waals surface area contributed by atoms with Crippen molar-refractivity contribution in [3.63, 3.8) is 0 Å². The molecule has 0 fully saturated rings. The van der Waals surface area contributed by atoms with Crippen LogP contribution in [0.25, 0.3) is 0 Å². The predicted molar refractivity (Wildman–Crippen MR) is 85.5 cm³/mol. The van der Waals surface area contributed by atoms with Gasteiger partial charge < -0.3 is 5.73 Å². The Hall–Kier alpha value is -1.03. The molecule has 2 unspecified atom stereocenters. The van der Waals surface area contributed by atoms with Crippen LogP contribution in [0.4, 0.5) is 4.39 Å². The minimum Gasteiger partial charge on any atom is -0.327 e. The summed E-state index contributed by atoms with van der Waals surface area (Å²) in [5.74, 6) is 0.553. The van der Waals surface area contributed by atoms with Gasteiger partial charge in [-0.25, -0.2) is 4.39 Å². The van der Waals surface area contributed by atoms with E-state index in [2.05, 4.69) is 0 Å². The van der Waals surface area contributed by atoms with Gasteiger partial charge >= 0.3 is 0 Å². The molecule has 0 amide bonds. The van der Waals surface area contributed by atoms with Gasteiger partial charge in [-0.3, -0.25) is 0 Å². The second kappa shape index (κ2) is 7.11. The van der Waals surface area contributed by atoms with E-state index in [0.29, 0.717) is 0 Å². The molecule has 0 heterocycles. The average Bonchev–Trinajstić information content (AvgIpc) is 2.42.